The molecule has 122 valence electrons. The number of H-pyrrole nitrogens is 1. The van der Waals surface area contributed by atoms with Crippen molar-refractivity contribution in [3.05, 3.63) is 70.3 Å². The molecule has 1 aromatic heterocycles. The monoisotopic (exact) mass is 323 g/mol. The van der Waals surface area contributed by atoms with E-state index >= 15 is 0 Å². The van der Waals surface area contributed by atoms with E-state index in [1.807, 2.05) is 6.07 Å². The van der Waals surface area contributed by atoms with E-state index in [1.165, 1.54) is 0 Å². The van der Waals surface area contributed by atoms with Crippen molar-refractivity contribution in [1.29, 1.82) is 0 Å². The Kier molecular flexibility index (Phi) is 4.29. The van der Waals surface area contributed by atoms with Gasteiger partial charge in [0.05, 0.1) is 16.5 Å². The van der Waals surface area contributed by atoms with Gasteiger partial charge in [-0.3, -0.25) is 4.79 Å². The summed E-state index contributed by atoms with van der Waals surface area (Å²) in [7, 11) is 1.73. The SMILES string of the molecule is CNc1ccccc1C(=O)O[C@@H](C)c1nc2ccccc2c(=O)[nH]1. The number of benzene rings is 2. The second kappa shape index (κ2) is 6.54. The Hall–Kier alpha value is -3.15. The average Bonchev–Trinajstić information content (AvgIpc) is 2.61. The number of aromatic amines is 1. The van der Waals surface area contributed by atoms with Crippen LogP contribution < -0.4 is 10.9 Å². The van der Waals surface area contributed by atoms with Gasteiger partial charge in [-0.15, -0.1) is 0 Å². The van der Waals surface area contributed by atoms with Crippen LogP contribution >= 0.6 is 0 Å². The molecular weight excluding hydrogens is 306 g/mol. The zero-order chi connectivity index (χ0) is 17.1. The quantitative estimate of drug-likeness (QED) is 0.721. The van der Waals surface area contributed by atoms with Gasteiger partial charge in [0.15, 0.2) is 11.9 Å². The first kappa shape index (κ1) is 15.7. The maximum absolute atomic E-state index is 12.4. The fraction of sp³-hybridized carbons (Fsp3) is 0.167. The molecule has 0 spiro atoms. The second-order valence-corrected chi connectivity index (χ2v) is 5.31. The van der Waals surface area contributed by atoms with E-state index in [9.17, 15) is 9.59 Å². The van der Waals surface area contributed by atoms with E-state index in [2.05, 4.69) is 15.3 Å². The van der Waals surface area contributed by atoms with Crippen LogP contribution in [0.4, 0.5) is 5.69 Å². The summed E-state index contributed by atoms with van der Waals surface area (Å²) in [4.78, 5) is 31.5. The van der Waals surface area contributed by atoms with Gasteiger partial charge < -0.3 is 15.0 Å². The van der Waals surface area contributed by atoms with Crippen LogP contribution in [0.3, 0.4) is 0 Å². The number of anilines is 1. The number of fused-ring (bicyclic) bond motifs is 1. The van der Waals surface area contributed by atoms with Gasteiger partial charge >= 0.3 is 5.97 Å². The molecule has 1 heterocycles. The summed E-state index contributed by atoms with van der Waals surface area (Å²) < 4.78 is 5.46. The van der Waals surface area contributed by atoms with Crippen molar-refractivity contribution < 1.29 is 9.53 Å². The van der Waals surface area contributed by atoms with Gasteiger partial charge in [-0.1, -0.05) is 24.3 Å². The van der Waals surface area contributed by atoms with Crippen LogP contribution in [0, 0.1) is 0 Å². The molecule has 0 unspecified atom stereocenters. The van der Waals surface area contributed by atoms with Crippen LogP contribution in [0.2, 0.25) is 0 Å². The molecule has 2 aromatic carbocycles. The number of para-hydroxylation sites is 2. The molecule has 0 fully saturated rings. The standard InChI is InChI=1S/C18H17N3O3/c1-11(24-18(23)13-8-4-5-9-14(13)19-2)16-20-15-10-6-3-7-12(15)17(22)21-16/h3-11,19H,1-2H3,(H,20,21,22)/t11-/m0/s1. The van der Waals surface area contributed by atoms with E-state index in [0.29, 0.717) is 28.0 Å². The lowest BCUT2D eigenvalue weighted by Gasteiger charge is -2.14. The number of rotatable bonds is 4. The molecule has 1 atom stereocenters. The van der Waals surface area contributed by atoms with Crippen molar-refractivity contribution in [3.63, 3.8) is 0 Å². The summed E-state index contributed by atoms with van der Waals surface area (Å²) in [6, 6.07) is 14.1. The van der Waals surface area contributed by atoms with Crippen LogP contribution in [-0.4, -0.2) is 23.0 Å². The smallest absolute Gasteiger partial charge is 0.340 e. The number of nitrogens with zero attached hydrogens (tertiary/aromatic N) is 1. The number of aromatic nitrogens is 2. The van der Waals surface area contributed by atoms with Crippen molar-refractivity contribution >= 4 is 22.6 Å². The van der Waals surface area contributed by atoms with Crippen LogP contribution in [0.1, 0.15) is 29.2 Å². The van der Waals surface area contributed by atoms with Gasteiger partial charge in [-0.25, -0.2) is 9.78 Å². The van der Waals surface area contributed by atoms with Crippen molar-refractivity contribution in [3.8, 4) is 0 Å². The van der Waals surface area contributed by atoms with E-state index in [4.69, 9.17) is 4.74 Å². The largest absolute Gasteiger partial charge is 0.451 e. The lowest BCUT2D eigenvalue weighted by atomic mass is 10.2. The first-order chi connectivity index (χ1) is 11.6. The topological polar surface area (TPSA) is 84.1 Å². The van der Waals surface area contributed by atoms with E-state index in [-0.39, 0.29) is 5.56 Å². The number of nitrogens with one attached hydrogen (secondary N) is 2. The molecule has 6 nitrogen and oxygen atoms in total. The molecule has 0 amide bonds. The molecule has 0 bridgehead atoms. The predicted octanol–water partition coefficient (Wildman–Crippen LogP) is 2.88. The van der Waals surface area contributed by atoms with Gasteiger partial charge in [0.2, 0.25) is 0 Å². The van der Waals surface area contributed by atoms with Crippen LogP contribution in [0.25, 0.3) is 10.9 Å². The molecule has 0 saturated carbocycles. The van der Waals surface area contributed by atoms with E-state index < -0.39 is 12.1 Å². The molecule has 24 heavy (non-hydrogen) atoms. The average molecular weight is 323 g/mol. The maximum Gasteiger partial charge on any atom is 0.340 e. The Balaban J connectivity index is 1.88. The van der Waals surface area contributed by atoms with E-state index in [0.717, 1.165) is 0 Å². The molecule has 0 aliphatic rings. The molecule has 3 rings (SSSR count). The van der Waals surface area contributed by atoms with Crippen LogP contribution in [0.15, 0.2) is 53.3 Å². The van der Waals surface area contributed by atoms with Gasteiger partial charge in [0.25, 0.3) is 5.56 Å². The normalized spacial score (nSPS) is 11.9. The summed E-state index contributed by atoms with van der Waals surface area (Å²) in [6.45, 7) is 1.67. The van der Waals surface area contributed by atoms with Gasteiger partial charge in [0.1, 0.15) is 0 Å². The zero-order valence-electron chi connectivity index (χ0n) is 13.4. The Labute approximate surface area is 138 Å². The fourth-order valence-electron chi connectivity index (χ4n) is 2.46. The minimum absolute atomic E-state index is 0.255. The Morgan fingerprint density at radius 3 is 2.67 bits per heavy atom. The van der Waals surface area contributed by atoms with Crippen LogP contribution in [-0.2, 0) is 4.74 Å². The molecule has 0 radical (unpaired) electrons. The zero-order valence-corrected chi connectivity index (χ0v) is 13.4. The molecular formula is C18H17N3O3. The first-order valence-corrected chi connectivity index (χ1v) is 7.57. The summed E-state index contributed by atoms with van der Waals surface area (Å²) >= 11 is 0. The highest BCUT2D eigenvalue weighted by atomic mass is 16.5. The Bertz CT molecular complexity index is 949. The third-order valence-electron chi connectivity index (χ3n) is 3.72. The molecule has 3 aromatic rings. The predicted molar refractivity (Wildman–Crippen MR) is 92.2 cm³/mol. The number of hydrogen-bond acceptors (Lipinski definition) is 5. The van der Waals surface area contributed by atoms with Gasteiger partial charge in [-0.2, -0.15) is 0 Å². The van der Waals surface area contributed by atoms with Crippen molar-refractivity contribution in [2.24, 2.45) is 0 Å². The highest BCUT2D eigenvalue weighted by Gasteiger charge is 2.18. The number of ether oxygens (including phenoxy) is 1. The van der Waals surface area contributed by atoms with Gasteiger partial charge in [0, 0.05) is 12.7 Å². The minimum atomic E-state index is -0.681. The summed E-state index contributed by atoms with van der Waals surface area (Å²) in [6.07, 6.45) is -0.681. The molecule has 0 saturated heterocycles. The summed E-state index contributed by atoms with van der Waals surface area (Å²) in [5.41, 5.74) is 1.41. The maximum atomic E-state index is 12.4. The third kappa shape index (κ3) is 2.99. The molecule has 0 aliphatic carbocycles. The number of carbonyl (C=O) groups excluding carboxylic acids is 1. The Morgan fingerprint density at radius 1 is 1.17 bits per heavy atom. The van der Waals surface area contributed by atoms with Crippen molar-refractivity contribution in [1.82, 2.24) is 9.97 Å². The van der Waals surface area contributed by atoms with Crippen molar-refractivity contribution in [2.45, 2.75) is 13.0 Å². The third-order valence-corrected chi connectivity index (χ3v) is 3.72. The fourth-order valence-corrected chi connectivity index (χ4v) is 2.46. The van der Waals surface area contributed by atoms with Gasteiger partial charge in [-0.05, 0) is 31.2 Å². The first-order valence-electron chi connectivity index (χ1n) is 7.57. The number of esters is 1. The van der Waals surface area contributed by atoms with Crippen LogP contribution in [0.5, 0.6) is 0 Å². The lowest BCUT2D eigenvalue weighted by molar-refractivity contribution is 0.0321. The lowest BCUT2D eigenvalue weighted by Crippen LogP contribution is -2.18. The van der Waals surface area contributed by atoms with Crippen molar-refractivity contribution in [2.75, 3.05) is 12.4 Å². The highest BCUT2D eigenvalue weighted by molar-refractivity contribution is 5.95. The molecule has 6 heteroatoms. The number of hydrogen-bond donors (Lipinski definition) is 2. The summed E-state index contributed by atoms with van der Waals surface area (Å²) in [5, 5.41) is 3.45. The molecule has 2 N–H and O–H groups in total. The Morgan fingerprint density at radius 2 is 1.88 bits per heavy atom. The van der Waals surface area contributed by atoms with E-state index in [1.54, 1.807) is 56.4 Å². The number of carbonyl (C=O) groups is 1. The summed E-state index contributed by atoms with van der Waals surface area (Å²) in [5.74, 6) is -0.169. The minimum Gasteiger partial charge on any atom is -0.451 e. The highest BCUT2D eigenvalue weighted by Crippen LogP contribution is 2.20. The molecule has 0 aliphatic heterocycles. The second-order valence-electron chi connectivity index (χ2n) is 5.31.